The van der Waals surface area contributed by atoms with Crippen LogP contribution in [0, 0.1) is 0 Å². The van der Waals surface area contributed by atoms with Gasteiger partial charge in [0.05, 0.1) is 0 Å². The lowest BCUT2D eigenvalue weighted by molar-refractivity contribution is 0.718. The Bertz CT molecular complexity index is 132. The van der Waals surface area contributed by atoms with Gasteiger partial charge in [-0.3, -0.25) is 0 Å². The number of nitrogens with one attached hydrogen (secondary N) is 1. The molecule has 0 radical (unpaired) electrons. The molecule has 70 valence electrons. The smallest absolute Gasteiger partial charge is 0.0111 e. The molecular weight excluding hydrogens is 166 g/mol. The van der Waals surface area contributed by atoms with Gasteiger partial charge in [-0.15, -0.1) is 13.2 Å². The third-order valence-electron chi connectivity index (χ3n) is 1.39. The predicted molar refractivity (Wildman–Crippen MR) is 59.8 cm³/mol. The third-order valence-corrected chi connectivity index (χ3v) is 2.35. The van der Waals surface area contributed by atoms with Crippen molar-refractivity contribution in [1.29, 1.82) is 0 Å². The maximum Gasteiger partial charge on any atom is 0.0111 e. The van der Waals surface area contributed by atoms with E-state index in [4.69, 9.17) is 0 Å². The second-order valence-electron chi connectivity index (χ2n) is 2.82. The third kappa shape index (κ3) is 9.79. The standard InChI is InChI=1S/C10H19NS/c1-4-8-12-9-7-11-6-5-10(2)3/h4,11H,1-2,5-9H2,3H3. The SMILES string of the molecule is C=CCSCCNCCC(=C)C. The predicted octanol–water partition coefficient (Wildman–Crippen LogP) is 2.46. The zero-order valence-corrected chi connectivity index (χ0v) is 8.75. The molecule has 0 aliphatic carbocycles. The van der Waals surface area contributed by atoms with Gasteiger partial charge < -0.3 is 5.32 Å². The van der Waals surface area contributed by atoms with Crippen LogP contribution in [0.15, 0.2) is 24.8 Å². The van der Waals surface area contributed by atoms with Crippen LogP contribution in [0.1, 0.15) is 13.3 Å². The zero-order chi connectivity index (χ0) is 9.23. The van der Waals surface area contributed by atoms with Gasteiger partial charge >= 0.3 is 0 Å². The van der Waals surface area contributed by atoms with Crippen LogP contribution >= 0.6 is 11.8 Å². The molecular formula is C10H19NS. The summed E-state index contributed by atoms with van der Waals surface area (Å²) in [6, 6.07) is 0. The van der Waals surface area contributed by atoms with Crippen LogP contribution in [-0.2, 0) is 0 Å². The van der Waals surface area contributed by atoms with Crippen LogP contribution < -0.4 is 5.32 Å². The average Bonchev–Trinajstić information content (AvgIpc) is 2.02. The Morgan fingerprint density at radius 3 is 2.83 bits per heavy atom. The highest BCUT2D eigenvalue weighted by Gasteiger charge is 1.88. The van der Waals surface area contributed by atoms with Crippen LogP contribution in [0.2, 0.25) is 0 Å². The molecule has 0 heterocycles. The highest BCUT2D eigenvalue weighted by Crippen LogP contribution is 1.97. The van der Waals surface area contributed by atoms with Gasteiger partial charge in [0.15, 0.2) is 0 Å². The molecule has 0 unspecified atom stereocenters. The molecule has 0 saturated heterocycles. The van der Waals surface area contributed by atoms with Crippen LogP contribution in [-0.4, -0.2) is 24.6 Å². The Labute approximate surface area is 80.3 Å². The Balaban J connectivity index is 2.90. The van der Waals surface area contributed by atoms with Crippen molar-refractivity contribution in [3.8, 4) is 0 Å². The summed E-state index contributed by atoms with van der Waals surface area (Å²) in [7, 11) is 0. The molecule has 0 atom stereocenters. The van der Waals surface area contributed by atoms with Crippen molar-refractivity contribution in [3.63, 3.8) is 0 Å². The van der Waals surface area contributed by atoms with Crippen LogP contribution in [0.5, 0.6) is 0 Å². The number of hydrogen-bond donors (Lipinski definition) is 1. The normalized spacial score (nSPS) is 9.75. The van der Waals surface area contributed by atoms with Gasteiger partial charge in [-0.2, -0.15) is 11.8 Å². The molecule has 0 aliphatic heterocycles. The maximum atomic E-state index is 3.84. The van der Waals surface area contributed by atoms with Crippen molar-refractivity contribution in [2.45, 2.75) is 13.3 Å². The lowest BCUT2D eigenvalue weighted by atomic mass is 10.2. The van der Waals surface area contributed by atoms with E-state index < -0.39 is 0 Å². The minimum absolute atomic E-state index is 1.06. The molecule has 2 heteroatoms. The van der Waals surface area contributed by atoms with Crippen LogP contribution in [0.3, 0.4) is 0 Å². The Morgan fingerprint density at radius 1 is 1.50 bits per heavy atom. The highest BCUT2D eigenvalue weighted by atomic mass is 32.2. The number of rotatable bonds is 8. The summed E-state index contributed by atoms with van der Waals surface area (Å²) in [5.41, 5.74) is 1.25. The Morgan fingerprint density at radius 2 is 2.25 bits per heavy atom. The van der Waals surface area contributed by atoms with E-state index in [1.807, 2.05) is 17.8 Å². The summed E-state index contributed by atoms with van der Waals surface area (Å²) in [6.45, 7) is 11.7. The first kappa shape index (κ1) is 11.8. The van der Waals surface area contributed by atoms with E-state index in [0.29, 0.717) is 0 Å². The molecule has 0 saturated carbocycles. The summed E-state index contributed by atoms with van der Waals surface area (Å²) in [5, 5.41) is 3.36. The van der Waals surface area contributed by atoms with E-state index in [9.17, 15) is 0 Å². The molecule has 0 spiro atoms. The van der Waals surface area contributed by atoms with Crippen molar-refractivity contribution in [2.75, 3.05) is 24.6 Å². The quantitative estimate of drug-likeness (QED) is 0.460. The summed E-state index contributed by atoms with van der Waals surface area (Å²) in [4.78, 5) is 0. The first-order chi connectivity index (χ1) is 5.77. The first-order valence-corrected chi connectivity index (χ1v) is 5.46. The van der Waals surface area contributed by atoms with Crippen molar-refractivity contribution in [1.82, 2.24) is 5.32 Å². The molecule has 12 heavy (non-hydrogen) atoms. The fourth-order valence-electron chi connectivity index (χ4n) is 0.738. The van der Waals surface area contributed by atoms with E-state index in [1.54, 1.807) is 0 Å². The van der Waals surface area contributed by atoms with Crippen molar-refractivity contribution < 1.29 is 0 Å². The van der Waals surface area contributed by atoms with Gasteiger partial charge in [0.1, 0.15) is 0 Å². The molecule has 0 rings (SSSR count). The number of thioether (sulfide) groups is 1. The lowest BCUT2D eigenvalue weighted by Crippen LogP contribution is -2.18. The fraction of sp³-hybridized carbons (Fsp3) is 0.600. The topological polar surface area (TPSA) is 12.0 Å². The highest BCUT2D eigenvalue weighted by molar-refractivity contribution is 7.99. The Kier molecular flexibility index (Phi) is 8.73. The maximum absolute atomic E-state index is 3.84. The van der Waals surface area contributed by atoms with Crippen LogP contribution in [0.4, 0.5) is 0 Å². The van der Waals surface area contributed by atoms with E-state index in [-0.39, 0.29) is 0 Å². The average molecular weight is 185 g/mol. The van der Waals surface area contributed by atoms with Gasteiger partial charge in [-0.1, -0.05) is 11.6 Å². The number of hydrogen-bond acceptors (Lipinski definition) is 2. The van der Waals surface area contributed by atoms with E-state index in [0.717, 1.165) is 25.3 Å². The molecule has 1 nitrogen and oxygen atoms in total. The molecule has 0 aromatic carbocycles. The van der Waals surface area contributed by atoms with Gasteiger partial charge in [0.2, 0.25) is 0 Å². The van der Waals surface area contributed by atoms with Crippen molar-refractivity contribution >= 4 is 11.8 Å². The van der Waals surface area contributed by atoms with Crippen LogP contribution in [0.25, 0.3) is 0 Å². The van der Waals surface area contributed by atoms with Gasteiger partial charge in [-0.25, -0.2) is 0 Å². The second-order valence-corrected chi connectivity index (χ2v) is 3.97. The molecule has 0 aromatic rings. The molecule has 0 amide bonds. The molecule has 0 bridgehead atoms. The summed E-state index contributed by atoms with van der Waals surface area (Å²) in [6.07, 6.45) is 3.03. The Hall–Kier alpha value is -0.210. The fourth-order valence-corrected chi connectivity index (χ4v) is 1.36. The molecule has 0 aliphatic rings. The summed E-state index contributed by atoms with van der Waals surface area (Å²) in [5.74, 6) is 2.23. The lowest BCUT2D eigenvalue weighted by Gasteiger charge is -2.02. The molecule has 0 fully saturated rings. The monoisotopic (exact) mass is 185 g/mol. The van der Waals surface area contributed by atoms with Crippen molar-refractivity contribution in [3.05, 3.63) is 24.8 Å². The molecule has 1 N–H and O–H groups in total. The molecule has 0 aromatic heterocycles. The van der Waals surface area contributed by atoms with Crippen molar-refractivity contribution in [2.24, 2.45) is 0 Å². The van der Waals surface area contributed by atoms with E-state index >= 15 is 0 Å². The van der Waals surface area contributed by atoms with E-state index in [1.165, 1.54) is 11.3 Å². The van der Waals surface area contributed by atoms with Gasteiger partial charge in [-0.05, 0) is 19.9 Å². The largest absolute Gasteiger partial charge is 0.316 e. The minimum atomic E-state index is 1.06. The summed E-state index contributed by atoms with van der Waals surface area (Å²) >= 11 is 1.91. The van der Waals surface area contributed by atoms with Gasteiger partial charge in [0.25, 0.3) is 0 Å². The van der Waals surface area contributed by atoms with Gasteiger partial charge in [0, 0.05) is 18.1 Å². The summed E-state index contributed by atoms with van der Waals surface area (Å²) < 4.78 is 0. The second kappa shape index (κ2) is 8.88. The zero-order valence-electron chi connectivity index (χ0n) is 7.94. The first-order valence-electron chi connectivity index (χ1n) is 4.31. The van der Waals surface area contributed by atoms with E-state index in [2.05, 4.69) is 25.4 Å². The minimum Gasteiger partial charge on any atom is -0.316 e.